The number of aryl methyl sites for hydroxylation is 2. The van der Waals surface area contributed by atoms with Gasteiger partial charge in [-0.2, -0.15) is 0 Å². The Labute approximate surface area is 101 Å². The number of hydrogen-bond donors (Lipinski definition) is 0. The lowest BCUT2D eigenvalue weighted by molar-refractivity contribution is 0.0979. The van der Waals surface area contributed by atoms with Gasteiger partial charge in [0.25, 0.3) is 0 Å². The van der Waals surface area contributed by atoms with Crippen LogP contribution in [0.3, 0.4) is 0 Å². The van der Waals surface area contributed by atoms with E-state index in [1.54, 1.807) is 6.20 Å². The summed E-state index contributed by atoms with van der Waals surface area (Å²) in [5.41, 5.74) is 2.22. The summed E-state index contributed by atoms with van der Waals surface area (Å²) in [4.78, 5) is 16.2. The van der Waals surface area contributed by atoms with Crippen LogP contribution in [0.4, 0.5) is 0 Å². The molecule has 0 atom stereocenters. The van der Waals surface area contributed by atoms with Crippen LogP contribution in [0.2, 0.25) is 0 Å². The Balaban J connectivity index is 2.17. The van der Waals surface area contributed by atoms with E-state index >= 15 is 0 Å². The predicted molar refractivity (Wildman–Crippen MR) is 67.1 cm³/mol. The smallest absolute Gasteiger partial charge is 0.202 e. The average Bonchev–Trinajstić information content (AvgIpc) is 2.77. The summed E-state index contributed by atoms with van der Waals surface area (Å²) in [6.45, 7) is 4.81. The van der Waals surface area contributed by atoms with E-state index in [1.165, 1.54) is 5.56 Å². The van der Waals surface area contributed by atoms with E-state index < -0.39 is 0 Å². The molecule has 88 valence electrons. The van der Waals surface area contributed by atoms with Crippen molar-refractivity contribution in [2.75, 3.05) is 0 Å². The minimum Gasteiger partial charge on any atom is -0.329 e. The summed E-state index contributed by atoms with van der Waals surface area (Å²) in [6, 6.07) is 8.02. The van der Waals surface area contributed by atoms with Crippen LogP contribution >= 0.6 is 0 Å². The van der Waals surface area contributed by atoms with Crippen molar-refractivity contribution in [3.05, 3.63) is 53.6 Å². The molecule has 1 aromatic heterocycles. The Bertz CT molecular complexity index is 529. The van der Waals surface area contributed by atoms with Crippen LogP contribution in [0.5, 0.6) is 0 Å². The molecular weight excluding hydrogens is 212 g/mol. The summed E-state index contributed by atoms with van der Waals surface area (Å²) < 4.78 is 1.87. The Hall–Kier alpha value is -1.90. The maximum Gasteiger partial charge on any atom is 0.202 e. The highest BCUT2D eigenvalue weighted by Gasteiger charge is 2.12. The van der Waals surface area contributed by atoms with E-state index in [-0.39, 0.29) is 5.78 Å². The fraction of sp³-hybridized carbons (Fsp3) is 0.286. The minimum absolute atomic E-state index is 0.0717. The van der Waals surface area contributed by atoms with Gasteiger partial charge in [-0.1, -0.05) is 29.8 Å². The zero-order valence-corrected chi connectivity index (χ0v) is 10.2. The zero-order valence-electron chi connectivity index (χ0n) is 10.2. The van der Waals surface area contributed by atoms with E-state index in [4.69, 9.17) is 0 Å². The number of ketones is 1. The molecule has 0 spiro atoms. The topological polar surface area (TPSA) is 34.9 Å². The maximum absolute atomic E-state index is 12.1. The third-order valence-electron chi connectivity index (χ3n) is 2.75. The lowest BCUT2D eigenvalue weighted by atomic mass is 10.1. The van der Waals surface area contributed by atoms with Crippen molar-refractivity contribution in [1.29, 1.82) is 0 Å². The molecule has 0 saturated carbocycles. The van der Waals surface area contributed by atoms with Gasteiger partial charge in [0.05, 0.1) is 0 Å². The van der Waals surface area contributed by atoms with Gasteiger partial charge in [0.2, 0.25) is 5.78 Å². The molecule has 0 radical (unpaired) electrons. The number of benzene rings is 1. The molecule has 0 saturated heterocycles. The molecule has 2 aromatic rings. The summed E-state index contributed by atoms with van der Waals surface area (Å²) in [7, 11) is 0. The van der Waals surface area contributed by atoms with Gasteiger partial charge in [-0.3, -0.25) is 4.79 Å². The van der Waals surface area contributed by atoms with Crippen LogP contribution in [0, 0.1) is 6.92 Å². The molecule has 0 aliphatic rings. The Morgan fingerprint density at radius 2 is 2.24 bits per heavy atom. The van der Waals surface area contributed by atoms with Crippen molar-refractivity contribution in [2.45, 2.75) is 26.8 Å². The highest BCUT2D eigenvalue weighted by molar-refractivity contribution is 5.94. The first kappa shape index (κ1) is 11.6. The molecular formula is C14H16N2O. The molecule has 2 rings (SSSR count). The van der Waals surface area contributed by atoms with Gasteiger partial charge in [0.15, 0.2) is 5.82 Å². The highest BCUT2D eigenvalue weighted by Crippen LogP contribution is 2.08. The number of imidazole rings is 1. The van der Waals surface area contributed by atoms with Gasteiger partial charge in [-0.25, -0.2) is 4.98 Å². The van der Waals surface area contributed by atoms with Crippen LogP contribution in [-0.4, -0.2) is 15.3 Å². The SMILES string of the molecule is CCn1ccnc1C(=O)Cc1cccc(C)c1. The lowest BCUT2D eigenvalue weighted by Gasteiger charge is -2.04. The standard InChI is InChI=1S/C14H16N2O/c1-3-16-8-7-15-14(16)13(17)10-12-6-4-5-11(2)9-12/h4-9H,3,10H2,1-2H3. The largest absolute Gasteiger partial charge is 0.329 e. The molecule has 0 bridgehead atoms. The van der Waals surface area contributed by atoms with Crippen molar-refractivity contribution >= 4 is 5.78 Å². The number of hydrogen-bond acceptors (Lipinski definition) is 2. The van der Waals surface area contributed by atoms with Gasteiger partial charge >= 0.3 is 0 Å². The number of aromatic nitrogens is 2. The molecule has 1 aromatic carbocycles. The maximum atomic E-state index is 12.1. The quantitative estimate of drug-likeness (QED) is 0.754. The molecule has 3 heteroatoms. The van der Waals surface area contributed by atoms with E-state index in [1.807, 2.05) is 48.9 Å². The first-order chi connectivity index (χ1) is 8.20. The van der Waals surface area contributed by atoms with E-state index in [0.717, 1.165) is 12.1 Å². The third kappa shape index (κ3) is 2.61. The van der Waals surface area contributed by atoms with Crippen LogP contribution < -0.4 is 0 Å². The van der Waals surface area contributed by atoms with Gasteiger partial charge in [-0.15, -0.1) is 0 Å². The van der Waals surface area contributed by atoms with Crippen LogP contribution in [0.1, 0.15) is 28.7 Å². The monoisotopic (exact) mass is 228 g/mol. The lowest BCUT2D eigenvalue weighted by Crippen LogP contribution is -2.11. The van der Waals surface area contributed by atoms with Gasteiger partial charge < -0.3 is 4.57 Å². The Morgan fingerprint density at radius 1 is 1.41 bits per heavy atom. The summed E-state index contributed by atoms with van der Waals surface area (Å²) in [6.07, 6.45) is 3.93. The fourth-order valence-electron chi connectivity index (χ4n) is 1.90. The Morgan fingerprint density at radius 3 is 2.94 bits per heavy atom. The normalized spacial score (nSPS) is 10.5. The van der Waals surface area contributed by atoms with Crippen molar-refractivity contribution in [3.63, 3.8) is 0 Å². The first-order valence-corrected chi connectivity index (χ1v) is 5.80. The van der Waals surface area contributed by atoms with Crippen molar-refractivity contribution < 1.29 is 4.79 Å². The highest BCUT2D eigenvalue weighted by atomic mass is 16.1. The van der Waals surface area contributed by atoms with Crippen LogP contribution in [0.15, 0.2) is 36.7 Å². The van der Waals surface area contributed by atoms with E-state index in [0.29, 0.717) is 12.2 Å². The van der Waals surface area contributed by atoms with E-state index in [9.17, 15) is 4.79 Å². The predicted octanol–water partition coefficient (Wildman–Crippen LogP) is 2.64. The second kappa shape index (κ2) is 4.95. The molecule has 0 unspecified atom stereocenters. The summed E-state index contributed by atoms with van der Waals surface area (Å²) in [5, 5.41) is 0. The molecule has 0 aliphatic carbocycles. The average molecular weight is 228 g/mol. The van der Waals surface area contributed by atoms with Crippen molar-refractivity contribution in [1.82, 2.24) is 9.55 Å². The molecule has 1 heterocycles. The number of carbonyl (C=O) groups is 1. The molecule has 17 heavy (non-hydrogen) atoms. The second-order valence-corrected chi connectivity index (χ2v) is 4.13. The van der Waals surface area contributed by atoms with Crippen LogP contribution in [-0.2, 0) is 13.0 Å². The zero-order chi connectivity index (χ0) is 12.3. The van der Waals surface area contributed by atoms with Crippen molar-refractivity contribution in [3.8, 4) is 0 Å². The minimum atomic E-state index is 0.0717. The molecule has 0 fully saturated rings. The third-order valence-corrected chi connectivity index (χ3v) is 2.75. The van der Waals surface area contributed by atoms with Gasteiger partial charge in [0, 0.05) is 25.4 Å². The molecule has 0 aliphatic heterocycles. The summed E-state index contributed by atoms with van der Waals surface area (Å²) >= 11 is 0. The van der Waals surface area contributed by atoms with Gasteiger partial charge in [0.1, 0.15) is 0 Å². The Kier molecular flexibility index (Phi) is 3.38. The fourth-order valence-corrected chi connectivity index (χ4v) is 1.90. The summed E-state index contributed by atoms with van der Waals surface area (Å²) in [5.74, 6) is 0.622. The number of Topliss-reactive ketones (excluding diaryl/α,β-unsaturated/α-hetero) is 1. The molecule has 0 amide bonds. The number of rotatable bonds is 4. The van der Waals surface area contributed by atoms with Crippen LogP contribution in [0.25, 0.3) is 0 Å². The van der Waals surface area contributed by atoms with Gasteiger partial charge in [-0.05, 0) is 19.4 Å². The molecule has 0 N–H and O–H groups in total. The first-order valence-electron chi connectivity index (χ1n) is 5.80. The number of carbonyl (C=O) groups excluding carboxylic acids is 1. The molecule has 3 nitrogen and oxygen atoms in total. The number of nitrogens with zero attached hydrogens (tertiary/aromatic N) is 2. The van der Waals surface area contributed by atoms with Crippen molar-refractivity contribution in [2.24, 2.45) is 0 Å². The second-order valence-electron chi connectivity index (χ2n) is 4.13. The van der Waals surface area contributed by atoms with E-state index in [2.05, 4.69) is 4.98 Å².